The van der Waals surface area contributed by atoms with Crippen molar-refractivity contribution < 1.29 is 0 Å². The van der Waals surface area contributed by atoms with E-state index in [0.717, 1.165) is 6.42 Å². The number of aryl methyl sites for hydroxylation is 2. The predicted octanol–water partition coefficient (Wildman–Crippen LogP) is 5.68. The van der Waals surface area contributed by atoms with Crippen molar-refractivity contribution in [2.75, 3.05) is 0 Å². The van der Waals surface area contributed by atoms with Crippen molar-refractivity contribution in [3.8, 4) is 0 Å². The van der Waals surface area contributed by atoms with Gasteiger partial charge in [-0.1, -0.05) is 62.7 Å². The van der Waals surface area contributed by atoms with Crippen LogP contribution in [0.3, 0.4) is 0 Å². The fourth-order valence-corrected chi connectivity index (χ4v) is 3.94. The summed E-state index contributed by atoms with van der Waals surface area (Å²) in [6.07, 6.45) is 2.32. The van der Waals surface area contributed by atoms with Crippen LogP contribution in [0.15, 0.2) is 36.4 Å². The van der Waals surface area contributed by atoms with E-state index in [2.05, 4.69) is 71.0 Å². The van der Waals surface area contributed by atoms with Gasteiger partial charge in [-0.15, -0.1) is 0 Å². The van der Waals surface area contributed by atoms with Gasteiger partial charge in [-0.2, -0.15) is 0 Å². The van der Waals surface area contributed by atoms with E-state index in [9.17, 15) is 0 Å². The molecule has 0 saturated heterocycles. The molecule has 0 spiro atoms. The number of benzene rings is 2. The lowest BCUT2D eigenvalue weighted by molar-refractivity contribution is 0.489. The molecule has 0 aliphatic heterocycles. The smallest absolute Gasteiger partial charge is 0.00229 e. The van der Waals surface area contributed by atoms with Crippen molar-refractivity contribution in [3.63, 3.8) is 0 Å². The van der Waals surface area contributed by atoms with Crippen LogP contribution in [0.4, 0.5) is 0 Å². The average Bonchev–Trinajstić information content (AvgIpc) is 2.64. The second kappa shape index (κ2) is 5.02. The van der Waals surface area contributed by atoms with Gasteiger partial charge in [-0.05, 0) is 65.8 Å². The van der Waals surface area contributed by atoms with E-state index < -0.39 is 0 Å². The van der Waals surface area contributed by atoms with Crippen LogP contribution < -0.4 is 0 Å². The van der Waals surface area contributed by atoms with Gasteiger partial charge in [-0.3, -0.25) is 0 Å². The quantitative estimate of drug-likeness (QED) is 0.663. The normalized spacial score (nSPS) is 19.6. The summed E-state index contributed by atoms with van der Waals surface area (Å²) in [4.78, 5) is 0. The molecular weight excluding hydrogens is 252 g/mol. The van der Waals surface area contributed by atoms with Gasteiger partial charge in [-0.25, -0.2) is 0 Å². The summed E-state index contributed by atoms with van der Waals surface area (Å²) in [7, 11) is 0. The van der Waals surface area contributed by atoms with E-state index in [1.54, 1.807) is 11.1 Å². The molecule has 2 aromatic carbocycles. The lowest BCUT2D eigenvalue weighted by Gasteiger charge is -2.19. The maximum absolute atomic E-state index is 2.45. The molecule has 21 heavy (non-hydrogen) atoms. The highest BCUT2D eigenvalue weighted by Crippen LogP contribution is 2.45. The van der Waals surface area contributed by atoms with Gasteiger partial charge < -0.3 is 0 Å². The molecule has 1 atom stereocenters. The Bertz CT molecular complexity index is 676. The monoisotopic (exact) mass is 278 g/mol. The first-order valence-electron chi connectivity index (χ1n) is 8.06. The molecule has 0 heteroatoms. The number of fused-ring (bicyclic) bond motifs is 1. The van der Waals surface area contributed by atoms with E-state index in [4.69, 9.17) is 0 Å². The molecule has 0 fully saturated rings. The van der Waals surface area contributed by atoms with Gasteiger partial charge in [0.25, 0.3) is 0 Å². The van der Waals surface area contributed by atoms with E-state index in [1.807, 2.05) is 0 Å². The van der Waals surface area contributed by atoms with Crippen molar-refractivity contribution in [1.82, 2.24) is 0 Å². The summed E-state index contributed by atoms with van der Waals surface area (Å²) in [6.45, 7) is 11.5. The minimum Gasteiger partial charge on any atom is -0.0590 e. The van der Waals surface area contributed by atoms with Crippen LogP contribution in [-0.2, 0) is 11.8 Å². The summed E-state index contributed by atoms with van der Waals surface area (Å²) >= 11 is 0. The first-order chi connectivity index (χ1) is 9.87. The highest BCUT2D eigenvalue weighted by Gasteiger charge is 2.34. The zero-order valence-corrected chi connectivity index (χ0v) is 14.0. The van der Waals surface area contributed by atoms with Crippen molar-refractivity contribution >= 4 is 0 Å². The molecule has 0 saturated carbocycles. The second-order valence-corrected chi connectivity index (χ2v) is 7.52. The zero-order chi connectivity index (χ0) is 15.2. The summed E-state index contributed by atoms with van der Waals surface area (Å²) < 4.78 is 0. The van der Waals surface area contributed by atoms with Crippen LogP contribution in [0.2, 0.25) is 0 Å². The molecule has 0 N–H and O–H groups in total. The van der Waals surface area contributed by atoms with Gasteiger partial charge in [0.2, 0.25) is 0 Å². The van der Waals surface area contributed by atoms with Crippen molar-refractivity contribution in [3.05, 3.63) is 69.8 Å². The minimum atomic E-state index is 0.340. The van der Waals surface area contributed by atoms with Crippen LogP contribution in [0.1, 0.15) is 66.5 Å². The third-order valence-corrected chi connectivity index (χ3v) is 5.09. The number of rotatable bonds is 2. The molecule has 0 heterocycles. The molecule has 0 nitrogen and oxygen atoms in total. The largest absolute Gasteiger partial charge is 0.0590 e. The van der Waals surface area contributed by atoms with E-state index in [-0.39, 0.29) is 0 Å². The Morgan fingerprint density at radius 1 is 1.05 bits per heavy atom. The molecule has 1 aliphatic carbocycles. The minimum absolute atomic E-state index is 0.340. The fourth-order valence-electron chi connectivity index (χ4n) is 3.94. The summed E-state index contributed by atoms with van der Waals surface area (Å²) in [5, 5.41) is 0. The molecule has 3 rings (SSSR count). The molecule has 1 unspecified atom stereocenters. The zero-order valence-electron chi connectivity index (χ0n) is 14.0. The highest BCUT2D eigenvalue weighted by atomic mass is 14.4. The Labute approximate surface area is 129 Å². The second-order valence-electron chi connectivity index (χ2n) is 7.52. The molecule has 0 aromatic heterocycles. The van der Waals surface area contributed by atoms with Gasteiger partial charge in [0, 0.05) is 0 Å². The Hall–Kier alpha value is -1.56. The van der Waals surface area contributed by atoms with Crippen LogP contribution in [0.25, 0.3) is 0 Å². The molecule has 2 aromatic rings. The Morgan fingerprint density at radius 3 is 2.57 bits per heavy atom. The predicted molar refractivity (Wildman–Crippen MR) is 91.2 cm³/mol. The first-order valence-corrected chi connectivity index (χ1v) is 8.06. The molecule has 1 aliphatic rings. The Kier molecular flexibility index (Phi) is 3.43. The maximum Gasteiger partial charge on any atom is -0.00229 e. The summed E-state index contributed by atoms with van der Waals surface area (Å²) in [6, 6.07) is 13.9. The fraction of sp³-hybridized carbons (Fsp3) is 0.429. The SMILES string of the molecule is Cc1ccc(C)c(Cc2ccc3c(c2)C(C)CC3(C)C)c1. The maximum atomic E-state index is 2.45. The van der Waals surface area contributed by atoms with Crippen LogP contribution in [-0.4, -0.2) is 0 Å². The number of hydrogen-bond donors (Lipinski definition) is 0. The van der Waals surface area contributed by atoms with Gasteiger partial charge in [0.1, 0.15) is 0 Å². The third kappa shape index (κ3) is 2.64. The van der Waals surface area contributed by atoms with E-state index in [1.165, 1.54) is 28.7 Å². The molecular formula is C21H26. The van der Waals surface area contributed by atoms with Gasteiger partial charge in [0.05, 0.1) is 0 Å². The first kappa shape index (κ1) is 14.4. The van der Waals surface area contributed by atoms with Crippen LogP contribution >= 0.6 is 0 Å². The van der Waals surface area contributed by atoms with E-state index >= 15 is 0 Å². The summed E-state index contributed by atoms with van der Waals surface area (Å²) in [5.74, 6) is 0.688. The lowest BCUT2D eigenvalue weighted by atomic mass is 9.85. The van der Waals surface area contributed by atoms with Gasteiger partial charge in [0.15, 0.2) is 0 Å². The van der Waals surface area contributed by atoms with Crippen molar-refractivity contribution in [2.45, 2.75) is 58.8 Å². The molecule has 0 radical (unpaired) electrons. The summed E-state index contributed by atoms with van der Waals surface area (Å²) in [5.41, 5.74) is 9.13. The standard InChI is InChI=1S/C21H26/c1-14-6-7-15(2)18(10-14)11-17-8-9-20-19(12-17)16(3)13-21(20,4)5/h6-10,12,16H,11,13H2,1-5H3. The van der Waals surface area contributed by atoms with Crippen molar-refractivity contribution in [2.24, 2.45) is 0 Å². The van der Waals surface area contributed by atoms with Crippen LogP contribution in [0, 0.1) is 13.8 Å². The third-order valence-electron chi connectivity index (χ3n) is 5.09. The average molecular weight is 278 g/mol. The topological polar surface area (TPSA) is 0 Å². The van der Waals surface area contributed by atoms with E-state index in [0.29, 0.717) is 11.3 Å². The molecule has 0 amide bonds. The van der Waals surface area contributed by atoms with Gasteiger partial charge >= 0.3 is 0 Å². The molecule has 110 valence electrons. The Morgan fingerprint density at radius 2 is 1.81 bits per heavy atom. The number of hydrogen-bond acceptors (Lipinski definition) is 0. The molecule has 0 bridgehead atoms. The Balaban J connectivity index is 1.95. The highest BCUT2D eigenvalue weighted by molar-refractivity contribution is 5.45. The lowest BCUT2D eigenvalue weighted by Crippen LogP contribution is -2.11. The van der Waals surface area contributed by atoms with Crippen molar-refractivity contribution in [1.29, 1.82) is 0 Å². The van der Waals surface area contributed by atoms with Crippen LogP contribution in [0.5, 0.6) is 0 Å².